The van der Waals surface area contributed by atoms with Crippen molar-refractivity contribution in [1.82, 2.24) is 36.0 Å². The number of carbonyl (C=O) groups is 2. The number of halogens is 2. The van der Waals surface area contributed by atoms with E-state index in [1.807, 2.05) is 11.9 Å². The van der Waals surface area contributed by atoms with Crippen LogP contribution in [0.15, 0.2) is 0 Å². The van der Waals surface area contributed by atoms with Crippen LogP contribution in [0, 0.1) is 17.3 Å². The fourth-order valence-corrected chi connectivity index (χ4v) is 8.88. The highest BCUT2D eigenvalue weighted by molar-refractivity contribution is 5.81. The number of hydrogen-bond acceptors (Lipinski definition) is 8. The molecule has 5 saturated heterocycles. The minimum atomic E-state index is -1.14. The zero-order chi connectivity index (χ0) is 28.7. The molecule has 1 saturated carbocycles. The molecule has 2 bridgehead atoms. The second-order valence-electron chi connectivity index (χ2n) is 13.8. The van der Waals surface area contributed by atoms with Crippen LogP contribution in [0.2, 0.25) is 0 Å². The Morgan fingerprint density at radius 3 is 2.44 bits per heavy atom. The van der Waals surface area contributed by atoms with E-state index >= 15 is 4.39 Å². The van der Waals surface area contributed by atoms with E-state index in [-0.39, 0.29) is 48.3 Å². The van der Waals surface area contributed by atoms with Crippen LogP contribution in [-0.2, 0) is 9.59 Å². The Morgan fingerprint density at radius 1 is 1.00 bits per heavy atom. The number of fused-ring (bicyclic) bond motifs is 1. The molecule has 41 heavy (non-hydrogen) atoms. The monoisotopic (exact) mass is 580 g/mol. The number of rotatable bonds is 4. The van der Waals surface area contributed by atoms with Crippen molar-refractivity contribution in [3.05, 3.63) is 0 Å². The van der Waals surface area contributed by atoms with Gasteiger partial charge in [0.15, 0.2) is 0 Å². The number of piperazine rings is 1. The predicted molar refractivity (Wildman–Crippen MR) is 152 cm³/mol. The van der Waals surface area contributed by atoms with Crippen molar-refractivity contribution < 1.29 is 18.4 Å². The summed E-state index contributed by atoms with van der Waals surface area (Å²) in [4.78, 5) is 33.0. The maximum Gasteiger partial charge on any atom is 0.228 e. The standard InChI is InChI=1S/C29H50F2N8O2/c1-37-16-18(17-37)28(41)39-9-7-38(8-10-39)25-20(31)14-33-15-22(25)35-27(40)24-21-12-29(5-3-2-4-6-29)23(36-26(24)32)11-19(30)13-34-21/h18-26,33-34,36H,2-17,32H2,1H3,(H,35,40). The number of alkyl halides is 2. The van der Waals surface area contributed by atoms with Gasteiger partial charge in [-0.3, -0.25) is 19.8 Å². The first-order valence-corrected chi connectivity index (χ1v) is 16.0. The van der Waals surface area contributed by atoms with E-state index in [1.54, 1.807) is 0 Å². The fourth-order valence-electron chi connectivity index (χ4n) is 8.88. The van der Waals surface area contributed by atoms with Crippen molar-refractivity contribution in [2.75, 3.05) is 66.0 Å². The number of piperidine rings is 1. The lowest BCUT2D eigenvalue weighted by molar-refractivity contribution is -0.143. The van der Waals surface area contributed by atoms with Gasteiger partial charge in [-0.1, -0.05) is 19.3 Å². The van der Waals surface area contributed by atoms with Gasteiger partial charge in [0.2, 0.25) is 11.8 Å². The number of carbonyl (C=O) groups excluding carboxylic acids is 2. The van der Waals surface area contributed by atoms with Crippen LogP contribution in [-0.4, -0.2) is 135 Å². The molecule has 6 N–H and O–H groups in total. The molecular weight excluding hydrogens is 530 g/mol. The van der Waals surface area contributed by atoms with Crippen LogP contribution in [0.4, 0.5) is 8.78 Å². The largest absolute Gasteiger partial charge is 0.350 e. The lowest BCUT2D eigenvalue weighted by Crippen LogP contribution is -2.69. The molecule has 5 heterocycles. The Kier molecular flexibility index (Phi) is 8.87. The van der Waals surface area contributed by atoms with E-state index < -0.39 is 36.5 Å². The number of hydrogen-bond donors (Lipinski definition) is 5. The highest BCUT2D eigenvalue weighted by Crippen LogP contribution is 2.48. The summed E-state index contributed by atoms with van der Waals surface area (Å²) in [6.45, 7) is 4.85. The van der Waals surface area contributed by atoms with Crippen LogP contribution in [0.3, 0.4) is 0 Å². The van der Waals surface area contributed by atoms with Gasteiger partial charge in [0.05, 0.1) is 30.1 Å². The molecule has 8 unspecified atom stereocenters. The number of nitrogens with two attached hydrogens (primary N) is 1. The average Bonchev–Trinajstić information content (AvgIpc) is 2.99. The highest BCUT2D eigenvalue weighted by Gasteiger charge is 2.52. The topological polar surface area (TPSA) is 118 Å². The Labute approximate surface area is 242 Å². The molecule has 1 spiro atoms. The molecule has 232 valence electrons. The molecule has 6 rings (SSSR count). The lowest BCUT2D eigenvalue weighted by atomic mass is 9.64. The van der Waals surface area contributed by atoms with Crippen LogP contribution in [0.25, 0.3) is 0 Å². The SMILES string of the molecule is CN1CC(C(=O)N2CCN(C3C(F)CNCC3NC(=O)C3C(N)NC4CC(F)CNC3CC43CCCCC3)CC2)C1. The molecule has 0 aromatic rings. The van der Waals surface area contributed by atoms with Gasteiger partial charge in [0.1, 0.15) is 12.3 Å². The first-order chi connectivity index (χ1) is 19.7. The van der Waals surface area contributed by atoms with Gasteiger partial charge in [-0.15, -0.1) is 0 Å². The van der Waals surface area contributed by atoms with Gasteiger partial charge < -0.3 is 31.5 Å². The van der Waals surface area contributed by atoms with Crippen LogP contribution >= 0.6 is 0 Å². The Hall–Kier alpha value is -1.44. The molecule has 6 aliphatic rings. The van der Waals surface area contributed by atoms with Gasteiger partial charge in [-0.05, 0) is 38.1 Å². The molecule has 10 nitrogen and oxygen atoms in total. The average molecular weight is 581 g/mol. The number of likely N-dealkylation sites (tertiary alicyclic amines) is 1. The van der Waals surface area contributed by atoms with Gasteiger partial charge in [0, 0.05) is 71.0 Å². The van der Waals surface area contributed by atoms with Crippen molar-refractivity contribution in [1.29, 1.82) is 0 Å². The summed E-state index contributed by atoms with van der Waals surface area (Å²) in [5.41, 5.74) is 6.65. The highest BCUT2D eigenvalue weighted by atomic mass is 19.1. The first kappa shape index (κ1) is 29.6. The summed E-state index contributed by atoms with van der Waals surface area (Å²) >= 11 is 0. The molecule has 12 heteroatoms. The van der Waals surface area contributed by atoms with E-state index in [9.17, 15) is 14.0 Å². The number of amides is 2. The van der Waals surface area contributed by atoms with E-state index in [4.69, 9.17) is 5.73 Å². The summed E-state index contributed by atoms with van der Waals surface area (Å²) in [5.74, 6) is -0.508. The second kappa shape index (κ2) is 12.3. The summed E-state index contributed by atoms with van der Waals surface area (Å²) in [5, 5.41) is 13.3. The van der Waals surface area contributed by atoms with Gasteiger partial charge >= 0.3 is 0 Å². The Balaban J connectivity index is 1.14. The minimum Gasteiger partial charge on any atom is -0.350 e. The van der Waals surface area contributed by atoms with Crippen molar-refractivity contribution in [2.24, 2.45) is 23.0 Å². The number of nitrogens with one attached hydrogen (secondary N) is 4. The van der Waals surface area contributed by atoms with Crippen molar-refractivity contribution in [3.8, 4) is 0 Å². The zero-order valence-electron chi connectivity index (χ0n) is 24.5. The smallest absolute Gasteiger partial charge is 0.228 e. The van der Waals surface area contributed by atoms with Crippen molar-refractivity contribution >= 4 is 11.8 Å². The van der Waals surface area contributed by atoms with E-state index in [2.05, 4.69) is 31.1 Å². The summed E-state index contributed by atoms with van der Waals surface area (Å²) in [6.07, 6.45) is 3.97. The normalized spacial score (nSPS) is 40.8. The summed E-state index contributed by atoms with van der Waals surface area (Å²) < 4.78 is 30.5. The van der Waals surface area contributed by atoms with E-state index in [1.165, 1.54) is 6.42 Å². The fraction of sp³-hybridized carbons (Fsp3) is 0.931. The number of nitrogens with zero attached hydrogens (tertiary/aromatic N) is 3. The van der Waals surface area contributed by atoms with E-state index in [0.717, 1.165) is 45.2 Å². The van der Waals surface area contributed by atoms with Crippen molar-refractivity contribution in [2.45, 2.75) is 87.6 Å². The second-order valence-corrected chi connectivity index (χ2v) is 13.8. The lowest BCUT2D eigenvalue weighted by Gasteiger charge is -2.47. The van der Waals surface area contributed by atoms with Gasteiger partial charge in [-0.25, -0.2) is 8.78 Å². The molecule has 6 fully saturated rings. The Bertz CT molecular complexity index is 940. The van der Waals surface area contributed by atoms with Crippen molar-refractivity contribution in [3.63, 3.8) is 0 Å². The molecule has 1 aliphatic carbocycles. The summed E-state index contributed by atoms with van der Waals surface area (Å²) in [7, 11) is 2.02. The molecule has 5 aliphatic heterocycles. The predicted octanol–water partition coefficient (Wildman–Crippen LogP) is -0.600. The Morgan fingerprint density at radius 2 is 1.73 bits per heavy atom. The zero-order valence-corrected chi connectivity index (χ0v) is 24.5. The third-order valence-electron chi connectivity index (χ3n) is 11.1. The maximum atomic E-state index is 15.5. The maximum absolute atomic E-state index is 15.5. The van der Waals surface area contributed by atoms with Crippen LogP contribution in [0.5, 0.6) is 0 Å². The quantitative estimate of drug-likeness (QED) is 0.299. The van der Waals surface area contributed by atoms with Gasteiger partial charge in [0.25, 0.3) is 0 Å². The molecule has 8 atom stereocenters. The molecular formula is C29H50F2N8O2. The molecule has 2 amide bonds. The summed E-state index contributed by atoms with van der Waals surface area (Å²) in [6, 6.07) is -1.19. The first-order valence-electron chi connectivity index (χ1n) is 16.0. The third kappa shape index (κ3) is 6.02. The van der Waals surface area contributed by atoms with Crippen LogP contribution < -0.4 is 27.0 Å². The molecule has 0 aromatic carbocycles. The van der Waals surface area contributed by atoms with Gasteiger partial charge in [-0.2, -0.15) is 0 Å². The molecule has 0 radical (unpaired) electrons. The van der Waals surface area contributed by atoms with E-state index in [0.29, 0.717) is 39.1 Å². The minimum absolute atomic E-state index is 0.0474. The third-order valence-corrected chi connectivity index (χ3v) is 11.1. The van der Waals surface area contributed by atoms with Crippen LogP contribution in [0.1, 0.15) is 44.9 Å². The molecule has 0 aromatic heterocycles.